The fourth-order valence-electron chi connectivity index (χ4n) is 2.59. The third-order valence-corrected chi connectivity index (χ3v) is 3.75. The molecule has 3 rings (SSSR count). The van der Waals surface area contributed by atoms with Gasteiger partial charge in [-0.05, 0) is 35.7 Å². The van der Waals surface area contributed by atoms with Gasteiger partial charge in [0.15, 0.2) is 0 Å². The first kappa shape index (κ1) is 13.4. The number of ether oxygens (including phenoxy) is 2. The first-order valence-electron chi connectivity index (χ1n) is 7.34. The minimum absolute atomic E-state index is 0.587. The molecule has 3 nitrogen and oxygen atoms in total. The minimum Gasteiger partial charge on any atom is -0.492 e. The largest absolute Gasteiger partial charge is 0.492 e. The molecule has 0 amide bonds. The molecule has 1 aliphatic rings. The Bertz CT molecular complexity index is 549. The summed E-state index contributed by atoms with van der Waals surface area (Å²) in [6.07, 6.45) is 2.21. The highest BCUT2D eigenvalue weighted by molar-refractivity contribution is 5.83. The van der Waals surface area contributed by atoms with E-state index in [1.54, 1.807) is 0 Å². The Hall–Kier alpha value is -1.58. The summed E-state index contributed by atoms with van der Waals surface area (Å²) in [6, 6.07) is 15.2. The van der Waals surface area contributed by atoms with Gasteiger partial charge in [0.2, 0.25) is 0 Å². The lowest BCUT2D eigenvalue weighted by molar-refractivity contribution is 0.0770. The molecule has 3 heteroatoms. The predicted octanol–water partition coefficient (Wildman–Crippen LogP) is 2.99. The summed E-state index contributed by atoms with van der Waals surface area (Å²) in [6.45, 7) is 3.35. The summed E-state index contributed by atoms with van der Waals surface area (Å²) in [5.41, 5.74) is 0. The zero-order valence-corrected chi connectivity index (χ0v) is 11.7. The summed E-state index contributed by atoms with van der Waals surface area (Å²) in [5, 5.41) is 6.00. The van der Waals surface area contributed by atoms with Gasteiger partial charge < -0.3 is 14.8 Å². The molecule has 0 radical (unpaired) electrons. The third kappa shape index (κ3) is 3.50. The molecule has 1 heterocycles. The molecule has 2 aromatic rings. The van der Waals surface area contributed by atoms with Crippen LogP contribution in [0.1, 0.15) is 12.8 Å². The van der Waals surface area contributed by atoms with Crippen LogP contribution in [0.4, 0.5) is 0 Å². The van der Waals surface area contributed by atoms with Crippen molar-refractivity contribution < 1.29 is 9.47 Å². The monoisotopic (exact) mass is 271 g/mol. The number of benzene rings is 2. The van der Waals surface area contributed by atoms with Crippen molar-refractivity contribution in [3.63, 3.8) is 0 Å². The van der Waals surface area contributed by atoms with Crippen LogP contribution in [-0.4, -0.2) is 32.4 Å². The molecule has 1 N–H and O–H groups in total. The van der Waals surface area contributed by atoms with Crippen molar-refractivity contribution >= 4 is 10.8 Å². The summed E-state index contributed by atoms with van der Waals surface area (Å²) < 4.78 is 11.2. The maximum absolute atomic E-state index is 5.81. The Morgan fingerprint density at radius 2 is 1.85 bits per heavy atom. The van der Waals surface area contributed by atoms with Crippen LogP contribution in [0.2, 0.25) is 0 Å². The number of rotatable bonds is 5. The van der Waals surface area contributed by atoms with Crippen molar-refractivity contribution in [2.24, 2.45) is 0 Å². The molecular formula is C17H21NO2. The average Bonchev–Trinajstić information content (AvgIpc) is 2.52. The summed E-state index contributed by atoms with van der Waals surface area (Å²) in [5.74, 6) is 0.942. The highest BCUT2D eigenvalue weighted by atomic mass is 16.5. The van der Waals surface area contributed by atoms with Gasteiger partial charge in [-0.3, -0.25) is 0 Å². The van der Waals surface area contributed by atoms with E-state index in [2.05, 4.69) is 41.7 Å². The van der Waals surface area contributed by atoms with E-state index in [-0.39, 0.29) is 0 Å². The van der Waals surface area contributed by atoms with E-state index >= 15 is 0 Å². The first-order valence-corrected chi connectivity index (χ1v) is 7.34. The normalized spacial score (nSPS) is 16.4. The molecule has 1 saturated heterocycles. The Morgan fingerprint density at radius 1 is 1.05 bits per heavy atom. The number of hydrogen-bond acceptors (Lipinski definition) is 3. The van der Waals surface area contributed by atoms with E-state index < -0.39 is 0 Å². The second-order valence-electron chi connectivity index (χ2n) is 5.20. The molecule has 0 saturated carbocycles. The van der Waals surface area contributed by atoms with E-state index in [4.69, 9.17) is 9.47 Å². The topological polar surface area (TPSA) is 30.5 Å². The van der Waals surface area contributed by atoms with Gasteiger partial charge in [-0.2, -0.15) is 0 Å². The van der Waals surface area contributed by atoms with Crippen LogP contribution in [0.15, 0.2) is 42.5 Å². The van der Waals surface area contributed by atoms with Crippen LogP contribution >= 0.6 is 0 Å². The van der Waals surface area contributed by atoms with Crippen LogP contribution < -0.4 is 10.1 Å². The molecule has 1 fully saturated rings. The molecule has 1 aliphatic heterocycles. The van der Waals surface area contributed by atoms with Gasteiger partial charge in [0.05, 0.1) is 0 Å². The quantitative estimate of drug-likeness (QED) is 0.848. The molecular weight excluding hydrogens is 250 g/mol. The maximum atomic E-state index is 5.81. The second-order valence-corrected chi connectivity index (χ2v) is 5.20. The van der Waals surface area contributed by atoms with Gasteiger partial charge in [0.25, 0.3) is 0 Å². The van der Waals surface area contributed by atoms with Crippen molar-refractivity contribution in [3.8, 4) is 5.75 Å². The summed E-state index contributed by atoms with van der Waals surface area (Å²) >= 11 is 0. The van der Waals surface area contributed by atoms with Crippen molar-refractivity contribution in [2.45, 2.75) is 18.9 Å². The van der Waals surface area contributed by atoms with Crippen LogP contribution in [0.3, 0.4) is 0 Å². The lowest BCUT2D eigenvalue weighted by Gasteiger charge is -2.23. The summed E-state index contributed by atoms with van der Waals surface area (Å²) in [7, 11) is 0. The van der Waals surface area contributed by atoms with Crippen LogP contribution in [0.25, 0.3) is 10.8 Å². The van der Waals surface area contributed by atoms with Gasteiger partial charge in [-0.25, -0.2) is 0 Å². The Kier molecular flexibility index (Phi) is 4.51. The minimum atomic E-state index is 0.587. The van der Waals surface area contributed by atoms with E-state index in [1.807, 2.05) is 6.07 Å². The molecule has 106 valence electrons. The van der Waals surface area contributed by atoms with Crippen molar-refractivity contribution in [1.82, 2.24) is 5.32 Å². The lowest BCUT2D eigenvalue weighted by Crippen LogP contribution is -2.37. The zero-order valence-electron chi connectivity index (χ0n) is 11.7. The zero-order chi connectivity index (χ0) is 13.6. The molecule has 0 spiro atoms. The molecule has 0 aliphatic carbocycles. The van der Waals surface area contributed by atoms with Gasteiger partial charge in [0.1, 0.15) is 12.4 Å². The maximum Gasteiger partial charge on any atom is 0.120 e. The van der Waals surface area contributed by atoms with E-state index in [1.165, 1.54) is 10.8 Å². The molecule has 20 heavy (non-hydrogen) atoms. The van der Waals surface area contributed by atoms with E-state index in [0.717, 1.165) is 38.3 Å². The Balaban J connectivity index is 1.47. The third-order valence-electron chi connectivity index (χ3n) is 3.75. The first-order chi connectivity index (χ1) is 9.92. The van der Waals surface area contributed by atoms with Gasteiger partial charge in [0, 0.05) is 25.8 Å². The number of hydrogen-bond donors (Lipinski definition) is 1. The molecule has 0 aromatic heterocycles. The van der Waals surface area contributed by atoms with Gasteiger partial charge in [-0.15, -0.1) is 0 Å². The molecule has 0 bridgehead atoms. The number of nitrogens with one attached hydrogen (secondary N) is 1. The van der Waals surface area contributed by atoms with E-state index in [9.17, 15) is 0 Å². The van der Waals surface area contributed by atoms with Crippen molar-refractivity contribution in [3.05, 3.63) is 42.5 Å². The highest BCUT2D eigenvalue weighted by Crippen LogP contribution is 2.20. The highest BCUT2D eigenvalue weighted by Gasteiger charge is 2.12. The number of fused-ring (bicyclic) bond motifs is 1. The SMILES string of the molecule is c1ccc2cc(OCCNC3CCOCC3)ccc2c1. The van der Waals surface area contributed by atoms with Gasteiger partial charge >= 0.3 is 0 Å². The van der Waals surface area contributed by atoms with Crippen molar-refractivity contribution in [2.75, 3.05) is 26.4 Å². The average molecular weight is 271 g/mol. The standard InChI is InChI=1S/C17H21NO2/c1-2-4-15-13-17(6-5-14(15)3-1)20-12-9-18-16-7-10-19-11-8-16/h1-6,13,16,18H,7-12H2. The summed E-state index contributed by atoms with van der Waals surface area (Å²) in [4.78, 5) is 0. The smallest absolute Gasteiger partial charge is 0.120 e. The fraction of sp³-hybridized carbons (Fsp3) is 0.412. The predicted molar refractivity (Wildman–Crippen MR) is 81.3 cm³/mol. The second kappa shape index (κ2) is 6.73. The molecule has 0 atom stereocenters. The molecule has 2 aromatic carbocycles. The van der Waals surface area contributed by atoms with Crippen LogP contribution in [0, 0.1) is 0 Å². The Labute approximate surface area is 119 Å². The lowest BCUT2D eigenvalue weighted by atomic mass is 10.1. The van der Waals surface area contributed by atoms with Crippen LogP contribution in [-0.2, 0) is 4.74 Å². The van der Waals surface area contributed by atoms with Crippen molar-refractivity contribution in [1.29, 1.82) is 0 Å². The van der Waals surface area contributed by atoms with Crippen LogP contribution in [0.5, 0.6) is 5.75 Å². The Morgan fingerprint density at radius 3 is 2.70 bits per heavy atom. The van der Waals surface area contributed by atoms with E-state index in [0.29, 0.717) is 12.6 Å². The molecule has 0 unspecified atom stereocenters. The fourth-order valence-corrected chi connectivity index (χ4v) is 2.59. The van der Waals surface area contributed by atoms with Gasteiger partial charge in [-0.1, -0.05) is 30.3 Å².